The van der Waals surface area contributed by atoms with E-state index in [1.807, 2.05) is 0 Å². The number of aliphatic imine (C=N–C) groups is 1. The summed E-state index contributed by atoms with van der Waals surface area (Å²) in [5.41, 5.74) is 0.134. The molecule has 0 N–H and O–H groups in total. The van der Waals surface area contributed by atoms with Gasteiger partial charge >= 0.3 is 0 Å². The first kappa shape index (κ1) is 11.1. The topological polar surface area (TPSA) is 12.4 Å². The van der Waals surface area contributed by atoms with Gasteiger partial charge in [-0.25, -0.2) is 0 Å². The summed E-state index contributed by atoms with van der Waals surface area (Å²) in [5, 5.41) is 0. The molecule has 0 saturated carbocycles. The largest absolute Gasteiger partial charge is 0.505 e. The maximum absolute atomic E-state index is 3.76. The van der Waals surface area contributed by atoms with Gasteiger partial charge in [-0.2, -0.15) is 5.41 Å². The molecule has 0 aromatic rings. The maximum Gasteiger partial charge on any atom is 0 e. The van der Waals surface area contributed by atoms with Gasteiger partial charge in [0.1, 0.15) is 0 Å². The van der Waals surface area contributed by atoms with Crippen molar-refractivity contribution in [1.82, 2.24) is 0 Å². The van der Waals surface area contributed by atoms with Gasteiger partial charge in [0.05, 0.1) is 0 Å². The van der Waals surface area contributed by atoms with Gasteiger partial charge in [0.2, 0.25) is 0 Å². The van der Waals surface area contributed by atoms with Crippen LogP contribution in [0.15, 0.2) is 4.99 Å². The molecule has 0 aliphatic carbocycles. The minimum absolute atomic E-state index is 0. The molecule has 0 bridgehead atoms. The molecule has 0 saturated heterocycles. The van der Waals surface area contributed by atoms with Crippen molar-refractivity contribution in [2.75, 3.05) is 7.05 Å². The smallest absolute Gasteiger partial charge is 0 e. The van der Waals surface area contributed by atoms with E-state index in [2.05, 4.69) is 32.0 Å². The monoisotopic (exact) mass is 201 g/mol. The van der Waals surface area contributed by atoms with Crippen molar-refractivity contribution in [2.45, 2.75) is 20.8 Å². The molecule has 1 nitrogen and oxygen atoms in total. The summed E-state index contributed by atoms with van der Waals surface area (Å²) < 4.78 is 0. The Bertz CT molecular complexity index is 71.1. The third-order valence-electron chi connectivity index (χ3n) is 0.447. The molecule has 0 amide bonds. The van der Waals surface area contributed by atoms with Crippen LogP contribution in [-0.2, 0) is 19.5 Å². The molecule has 0 aromatic heterocycles. The number of nitrogens with zero attached hydrogens (tertiary/aromatic N) is 1. The van der Waals surface area contributed by atoms with Gasteiger partial charge in [0, 0.05) is 19.5 Å². The Morgan fingerprint density at radius 1 is 1.25 bits per heavy atom. The average Bonchev–Trinajstić information content (AvgIpc) is 1.30. The van der Waals surface area contributed by atoms with Gasteiger partial charge in [-0.15, -0.1) is 0 Å². The Morgan fingerprint density at radius 2 is 1.62 bits per heavy atom. The van der Waals surface area contributed by atoms with E-state index in [1.165, 1.54) is 0 Å². The second-order valence-electron chi connectivity index (χ2n) is 2.59. The summed E-state index contributed by atoms with van der Waals surface area (Å²) in [7, 11) is 1.74. The Kier molecular flexibility index (Phi) is 5.85. The summed E-state index contributed by atoms with van der Waals surface area (Å²) >= 11 is 0. The molecular formula is C6H12NRh-. The molecule has 0 aliphatic heterocycles. The molecule has 0 unspecified atom stereocenters. The van der Waals surface area contributed by atoms with Crippen LogP contribution in [0.25, 0.3) is 0 Å². The van der Waals surface area contributed by atoms with E-state index in [0.717, 1.165) is 0 Å². The number of hydrogen-bond acceptors (Lipinski definition) is 1. The van der Waals surface area contributed by atoms with E-state index in [0.29, 0.717) is 0 Å². The Labute approximate surface area is 64.3 Å². The minimum Gasteiger partial charge on any atom is -0.505 e. The van der Waals surface area contributed by atoms with E-state index in [-0.39, 0.29) is 24.9 Å². The van der Waals surface area contributed by atoms with Gasteiger partial charge in [0.15, 0.2) is 0 Å². The number of rotatable bonds is 0. The van der Waals surface area contributed by atoms with Crippen molar-refractivity contribution in [1.29, 1.82) is 0 Å². The maximum atomic E-state index is 3.76. The summed E-state index contributed by atoms with van der Waals surface area (Å²) in [6.07, 6.45) is 2.91. The van der Waals surface area contributed by atoms with Crippen molar-refractivity contribution in [2.24, 2.45) is 10.4 Å². The zero-order valence-corrected chi connectivity index (χ0v) is 7.42. The normalized spacial score (nSPS) is 11.5. The van der Waals surface area contributed by atoms with Crippen molar-refractivity contribution in [3.8, 4) is 0 Å². The fraction of sp³-hybridized carbons (Fsp3) is 0.833. The second-order valence-corrected chi connectivity index (χ2v) is 2.59. The molecule has 0 spiro atoms. The van der Waals surface area contributed by atoms with Crippen molar-refractivity contribution in [3.05, 3.63) is 0 Å². The molecule has 1 radical (unpaired) electrons. The predicted octanol–water partition coefficient (Wildman–Crippen LogP) is 1.61. The quantitative estimate of drug-likeness (QED) is 0.320. The SMILES string of the molecule is CN=[C-]C(C)(C)C.[Rh]. The standard InChI is InChI=1S/C6H12N.Rh/c1-6(2,3)5-7-4;/h1-4H3;/q-1;. The van der Waals surface area contributed by atoms with Gasteiger partial charge in [-0.05, 0) is 7.05 Å². The van der Waals surface area contributed by atoms with Gasteiger partial charge in [0.25, 0.3) is 0 Å². The summed E-state index contributed by atoms with van der Waals surface area (Å²) in [6.45, 7) is 6.21. The van der Waals surface area contributed by atoms with Crippen LogP contribution >= 0.6 is 0 Å². The molecule has 0 fully saturated rings. The van der Waals surface area contributed by atoms with Crippen molar-refractivity contribution >= 4 is 6.21 Å². The van der Waals surface area contributed by atoms with Crippen molar-refractivity contribution in [3.63, 3.8) is 0 Å². The van der Waals surface area contributed by atoms with Gasteiger partial charge in [-0.3, -0.25) is 0 Å². The first-order chi connectivity index (χ1) is 3.06. The van der Waals surface area contributed by atoms with E-state index in [1.54, 1.807) is 7.05 Å². The Morgan fingerprint density at radius 3 is 1.62 bits per heavy atom. The van der Waals surface area contributed by atoms with Crippen LogP contribution < -0.4 is 0 Å². The van der Waals surface area contributed by atoms with Gasteiger partial charge < -0.3 is 11.2 Å². The van der Waals surface area contributed by atoms with E-state index in [9.17, 15) is 0 Å². The van der Waals surface area contributed by atoms with E-state index >= 15 is 0 Å². The summed E-state index contributed by atoms with van der Waals surface area (Å²) in [4.78, 5) is 3.76. The summed E-state index contributed by atoms with van der Waals surface area (Å²) in [5.74, 6) is 0. The van der Waals surface area contributed by atoms with E-state index < -0.39 is 0 Å². The van der Waals surface area contributed by atoms with E-state index in [4.69, 9.17) is 0 Å². The van der Waals surface area contributed by atoms with Crippen LogP contribution in [0.1, 0.15) is 20.8 Å². The first-order valence-corrected chi connectivity index (χ1v) is 2.42. The van der Waals surface area contributed by atoms with Crippen LogP contribution in [0.3, 0.4) is 0 Å². The van der Waals surface area contributed by atoms with Crippen LogP contribution in [0.4, 0.5) is 0 Å². The van der Waals surface area contributed by atoms with Crippen LogP contribution in [0, 0.1) is 5.41 Å². The molecule has 0 aromatic carbocycles. The molecular weight excluding hydrogens is 189 g/mol. The molecule has 51 valence electrons. The van der Waals surface area contributed by atoms with Crippen molar-refractivity contribution < 1.29 is 19.5 Å². The van der Waals surface area contributed by atoms with Crippen LogP contribution in [0.5, 0.6) is 0 Å². The molecule has 0 aliphatic rings. The summed E-state index contributed by atoms with van der Waals surface area (Å²) in [6, 6.07) is 0. The molecule has 8 heavy (non-hydrogen) atoms. The average molecular weight is 201 g/mol. The zero-order valence-electron chi connectivity index (χ0n) is 5.78. The Balaban J connectivity index is 0. The van der Waals surface area contributed by atoms with Gasteiger partial charge in [-0.1, -0.05) is 20.8 Å². The minimum atomic E-state index is 0. The molecule has 2 heteroatoms. The van der Waals surface area contributed by atoms with Crippen LogP contribution in [-0.4, -0.2) is 13.3 Å². The zero-order chi connectivity index (χ0) is 5.91. The molecule has 0 atom stereocenters. The predicted molar refractivity (Wildman–Crippen MR) is 32.8 cm³/mol. The third-order valence-corrected chi connectivity index (χ3v) is 0.447. The molecule has 0 rings (SSSR count). The first-order valence-electron chi connectivity index (χ1n) is 2.42. The van der Waals surface area contributed by atoms with Crippen LogP contribution in [0.2, 0.25) is 0 Å². The second kappa shape index (κ2) is 4.20. The fourth-order valence-corrected chi connectivity index (χ4v) is 0.335. The Hall–Kier alpha value is 0.293. The molecule has 0 heterocycles. The number of hydrogen-bond donors (Lipinski definition) is 0. The third kappa shape index (κ3) is 9.57. The fourth-order valence-electron chi connectivity index (χ4n) is 0.335.